The minimum atomic E-state index is 0.154. The van der Waals surface area contributed by atoms with Crippen LogP contribution in [0.15, 0.2) is 12.3 Å². The van der Waals surface area contributed by atoms with Crippen LogP contribution >= 0.6 is 0 Å². The highest BCUT2D eigenvalue weighted by molar-refractivity contribution is 5.11. The fourth-order valence-electron chi connectivity index (χ4n) is 2.20. The second kappa shape index (κ2) is 5.82. The van der Waals surface area contributed by atoms with E-state index in [1.165, 1.54) is 12.8 Å². The van der Waals surface area contributed by atoms with E-state index in [1.807, 2.05) is 7.05 Å². The van der Waals surface area contributed by atoms with Gasteiger partial charge in [-0.05, 0) is 26.3 Å². The Morgan fingerprint density at radius 1 is 1.35 bits per heavy atom. The first-order valence-electron chi connectivity index (χ1n) is 6.04. The van der Waals surface area contributed by atoms with Crippen LogP contribution < -0.4 is 14.8 Å². The number of hydrogen-bond acceptors (Lipinski definition) is 5. The number of hydrogen-bond donors (Lipinski definition) is 1. The van der Waals surface area contributed by atoms with E-state index < -0.39 is 0 Å². The smallest absolute Gasteiger partial charge is 0.320 e. The van der Waals surface area contributed by atoms with Gasteiger partial charge in [-0.1, -0.05) is 6.42 Å². The summed E-state index contributed by atoms with van der Waals surface area (Å²) in [5.74, 6) is 0.534. The summed E-state index contributed by atoms with van der Waals surface area (Å²) in [7, 11) is 3.56. The van der Waals surface area contributed by atoms with E-state index in [9.17, 15) is 0 Å². The van der Waals surface area contributed by atoms with Gasteiger partial charge in [-0.25, -0.2) is 4.98 Å². The molecule has 1 saturated carbocycles. The van der Waals surface area contributed by atoms with Crippen molar-refractivity contribution in [3.05, 3.63) is 12.3 Å². The second-order valence-corrected chi connectivity index (χ2v) is 4.22. The third kappa shape index (κ3) is 3.06. The van der Waals surface area contributed by atoms with Crippen molar-refractivity contribution in [3.8, 4) is 11.9 Å². The summed E-state index contributed by atoms with van der Waals surface area (Å²) in [6.07, 6.45) is 6.45. The number of nitrogens with one attached hydrogen (secondary N) is 1. The monoisotopic (exact) mass is 237 g/mol. The van der Waals surface area contributed by atoms with Gasteiger partial charge in [0.2, 0.25) is 5.88 Å². The van der Waals surface area contributed by atoms with Gasteiger partial charge < -0.3 is 14.8 Å². The van der Waals surface area contributed by atoms with Crippen molar-refractivity contribution in [2.75, 3.05) is 14.2 Å². The summed E-state index contributed by atoms with van der Waals surface area (Å²) < 4.78 is 10.9. The maximum atomic E-state index is 5.84. The second-order valence-electron chi connectivity index (χ2n) is 4.22. The molecule has 1 aliphatic carbocycles. The molecule has 2 rings (SSSR count). The lowest BCUT2D eigenvalue weighted by Crippen LogP contribution is -2.43. The summed E-state index contributed by atoms with van der Waals surface area (Å²) in [4.78, 5) is 8.28. The zero-order chi connectivity index (χ0) is 12.1. The van der Waals surface area contributed by atoms with E-state index >= 15 is 0 Å². The number of likely N-dealkylation sites (N-methyl/N-ethyl adjacent to an activating group) is 1. The summed E-state index contributed by atoms with van der Waals surface area (Å²) in [5, 5.41) is 3.29. The Bertz CT molecular complexity index is 359. The standard InChI is InChI=1S/C12H19N3O2/c1-13-9-5-3-4-6-10(9)17-12-14-8-7-11(15-12)16-2/h7-10,13H,3-6H2,1-2H3. The number of rotatable bonds is 4. The van der Waals surface area contributed by atoms with Gasteiger partial charge in [0.1, 0.15) is 6.10 Å². The van der Waals surface area contributed by atoms with Crippen molar-refractivity contribution in [2.45, 2.75) is 37.8 Å². The molecule has 1 heterocycles. The van der Waals surface area contributed by atoms with E-state index in [2.05, 4.69) is 15.3 Å². The molecule has 0 aromatic carbocycles. The Hall–Kier alpha value is -1.36. The van der Waals surface area contributed by atoms with Crippen molar-refractivity contribution < 1.29 is 9.47 Å². The topological polar surface area (TPSA) is 56.3 Å². The molecule has 5 nitrogen and oxygen atoms in total. The SMILES string of the molecule is CNC1CCCCC1Oc1nccc(OC)n1. The summed E-state index contributed by atoms with van der Waals surface area (Å²) >= 11 is 0. The molecule has 0 amide bonds. The molecule has 94 valence electrons. The van der Waals surface area contributed by atoms with Gasteiger partial charge in [-0.2, -0.15) is 4.98 Å². The fraction of sp³-hybridized carbons (Fsp3) is 0.667. The molecular weight excluding hydrogens is 218 g/mol. The molecule has 1 aromatic heterocycles. The number of methoxy groups -OCH3 is 1. The summed E-state index contributed by atoms with van der Waals surface area (Å²) in [6.45, 7) is 0. The van der Waals surface area contributed by atoms with E-state index in [-0.39, 0.29) is 6.10 Å². The summed E-state index contributed by atoms with van der Waals surface area (Å²) in [6, 6.07) is 2.50. The summed E-state index contributed by atoms with van der Waals surface area (Å²) in [5.41, 5.74) is 0. The van der Waals surface area contributed by atoms with Crippen LogP contribution in [0.4, 0.5) is 0 Å². The number of ether oxygens (including phenoxy) is 2. The van der Waals surface area contributed by atoms with Crippen LogP contribution in [0.1, 0.15) is 25.7 Å². The van der Waals surface area contributed by atoms with Crippen molar-refractivity contribution in [2.24, 2.45) is 0 Å². The fourth-order valence-corrected chi connectivity index (χ4v) is 2.20. The normalized spacial score (nSPS) is 24.4. The first kappa shape index (κ1) is 12.1. The molecule has 17 heavy (non-hydrogen) atoms. The number of aromatic nitrogens is 2. The first-order chi connectivity index (χ1) is 8.33. The van der Waals surface area contributed by atoms with Crippen molar-refractivity contribution >= 4 is 0 Å². The Kier molecular flexibility index (Phi) is 4.14. The third-order valence-corrected chi connectivity index (χ3v) is 3.15. The average molecular weight is 237 g/mol. The Morgan fingerprint density at radius 2 is 2.18 bits per heavy atom. The van der Waals surface area contributed by atoms with Crippen LogP contribution in [-0.2, 0) is 0 Å². The van der Waals surface area contributed by atoms with Crippen LogP contribution in [-0.4, -0.2) is 36.3 Å². The lowest BCUT2D eigenvalue weighted by molar-refractivity contribution is 0.106. The van der Waals surface area contributed by atoms with Crippen LogP contribution in [0.25, 0.3) is 0 Å². The Balaban J connectivity index is 2.02. The molecule has 0 radical (unpaired) electrons. The highest BCUT2D eigenvalue weighted by Gasteiger charge is 2.26. The lowest BCUT2D eigenvalue weighted by atomic mass is 9.92. The van der Waals surface area contributed by atoms with Gasteiger partial charge in [-0.3, -0.25) is 0 Å². The highest BCUT2D eigenvalue weighted by atomic mass is 16.5. The molecule has 1 N–H and O–H groups in total. The Morgan fingerprint density at radius 3 is 2.94 bits per heavy atom. The van der Waals surface area contributed by atoms with Crippen molar-refractivity contribution in [3.63, 3.8) is 0 Å². The zero-order valence-corrected chi connectivity index (χ0v) is 10.3. The molecule has 1 fully saturated rings. The van der Waals surface area contributed by atoms with Gasteiger partial charge in [-0.15, -0.1) is 0 Å². The predicted octanol–water partition coefficient (Wildman–Crippen LogP) is 1.39. The van der Waals surface area contributed by atoms with Gasteiger partial charge in [0.25, 0.3) is 0 Å². The molecule has 0 spiro atoms. The van der Waals surface area contributed by atoms with Crippen LogP contribution in [0.3, 0.4) is 0 Å². The molecule has 1 aromatic rings. The predicted molar refractivity (Wildman–Crippen MR) is 64.3 cm³/mol. The molecular formula is C12H19N3O2. The molecule has 5 heteroatoms. The first-order valence-corrected chi connectivity index (χ1v) is 6.04. The van der Waals surface area contributed by atoms with E-state index in [1.54, 1.807) is 19.4 Å². The van der Waals surface area contributed by atoms with Gasteiger partial charge >= 0.3 is 6.01 Å². The average Bonchev–Trinajstić information content (AvgIpc) is 2.39. The highest BCUT2D eigenvalue weighted by Crippen LogP contribution is 2.22. The molecule has 1 aliphatic rings. The Labute approximate surface area is 102 Å². The molecule has 2 atom stereocenters. The van der Waals surface area contributed by atoms with Crippen molar-refractivity contribution in [1.82, 2.24) is 15.3 Å². The molecule has 2 unspecified atom stereocenters. The van der Waals surface area contributed by atoms with Crippen LogP contribution in [0.5, 0.6) is 11.9 Å². The largest absolute Gasteiger partial charge is 0.481 e. The third-order valence-electron chi connectivity index (χ3n) is 3.15. The van der Waals surface area contributed by atoms with Crippen LogP contribution in [0, 0.1) is 0 Å². The maximum Gasteiger partial charge on any atom is 0.320 e. The van der Waals surface area contributed by atoms with Crippen molar-refractivity contribution in [1.29, 1.82) is 0 Å². The quantitative estimate of drug-likeness (QED) is 0.857. The number of nitrogens with zero attached hydrogens (tertiary/aromatic N) is 2. The van der Waals surface area contributed by atoms with Crippen LogP contribution in [0.2, 0.25) is 0 Å². The molecule has 0 bridgehead atoms. The maximum absolute atomic E-state index is 5.84. The van der Waals surface area contributed by atoms with Gasteiger partial charge in [0.15, 0.2) is 0 Å². The van der Waals surface area contributed by atoms with E-state index in [0.717, 1.165) is 12.8 Å². The molecule has 0 aliphatic heterocycles. The van der Waals surface area contributed by atoms with E-state index in [4.69, 9.17) is 9.47 Å². The lowest BCUT2D eigenvalue weighted by Gasteiger charge is -2.30. The van der Waals surface area contributed by atoms with Gasteiger partial charge in [0.05, 0.1) is 7.11 Å². The minimum absolute atomic E-state index is 0.154. The minimum Gasteiger partial charge on any atom is -0.481 e. The zero-order valence-electron chi connectivity index (χ0n) is 10.3. The van der Waals surface area contributed by atoms with Gasteiger partial charge in [0, 0.05) is 18.3 Å². The van der Waals surface area contributed by atoms with E-state index in [0.29, 0.717) is 17.9 Å². The molecule has 0 saturated heterocycles.